The molecule has 0 saturated carbocycles. The van der Waals surface area contributed by atoms with Crippen LogP contribution in [0.2, 0.25) is 0 Å². The summed E-state index contributed by atoms with van der Waals surface area (Å²) in [5.41, 5.74) is 0. The van der Waals surface area contributed by atoms with Gasteiger partial charge in [0.15, 0.2) is 6.61 Å². The molecule has 2 N–H and O–H groups in total. The Balaban J connectivity index is 2.07. The first-order valence-electron chi connectivity index (χ1n) is 7.53. The van der Waals surface area contributed by atoms with Crippen LogP contribution in [-0.4, -0.2) is 37.7 Å². The molecule has 0 bridgehead atoms. The zero-order valence-corrected chi connectivity index (χ0v) is 13.2. The molecule has 1 aromatic rings. The standard InChI is InChI=1S/C16H22N2O5/c1-2-10-17-16(21)18-14(19)12-23-15(20)9-6-11-22-13-7-4-3-5-8-13/h3-5,7-8H,2,6,9-12H2,1H3,(H2,17,18,19,21). The van der Waals surface area contributed by atoms with Crippen molar-refractivity contribution in [1.29, 1.82) is 0 Å². The third-order valence-electron chi connectivity index (χ3n) is 2.69. The van der Waals surface area contributed by atoms with E-state index >= 15 is 0 Å². The monoisotopic (exact) mass is 322 g/mol. The summed E-state index contributed by atoms with van der Waals surface area (Å²) >= 11 is 0. The van der Waals surface area contributed by atoms with Crippen molar-refractivity contribution < 1.29 is 23.9 Å². The Morgan fingerprint density at radius 1 is 1.13 bits per heavy atom. The number of carbonyl (C=O) groups excluding carboxylic acids is 3. The van der Waals surface area contributed by atoms with E-state index in [0.29, 0.717) is 19.6 Å². The number of amides is 3. The van der Waals surface area contributed by atoms with Gasteiger partial charge >= 0.3 is 12.0 Å². The Hall–Kier alpha value is -2.57. The summed E-state index contributed by atoms with van der Waals surface area (Å²) < 4.78 is 10.2. The maximum Gasteiger partial charge on any atom is 0.321 e. The second kappa shape index (κ2) is 11.1. The Morgan fingerprint density at radius 2 is 1.87 bits per heavy atom. The van der Waals surface area contributed by atoms with Gasteiger partial charge in [0, 0.05) is 13.0 Å². The molecule has 7 nitrogen and oxygen atoms in total. The fourth-order valence-corrected chi connectivity index (χ4v) is 1.59. The first kappa shape index (κ1) is 18.5. The number of urea groups is 1. The van der Waals surface area contributed by atoms with E-state index in [2.05, 4.69) is 10.6 Å². The number of rotatable bonds is 9. The number of para-hydroxylation sites is 1. The topological polar surface area (TPSA) is 93.7 Å². The summed E-state index contributed by atoms with van der Waals surface area (Å²) in [6.07, 6.45) is 1.39. The van der Waals surface area contributed by atoms with Crippen LogP contribution in [0, 0.1) is 0 Å². The van der Waals surface area contributed by atoms with E-state index in [1.807, 2.05) is 37.3 Å². The van der Waals surface area contributed by atoms with Crippen molar-refractivity contribution in [2.24, 2.45) is 0 Å². The molecule has 0 atom stereocenters. The molecule has 0 aliphatic heterocycles. The first-order chi connectivity index (χ1) is 11.1. The number of hydrogen-bond donors (Lipinski definition) is 2. The van der Waals surface area contributed by atoms with E-state index in [9.17, 15) is 14.4 Å². The molecule has 126 valence electrons. The molecule has 0 radical (unpaired) electrons. The van der Waals surface area contributed by atoms with Gasteiger partial charge in [-0.25, -0.2) is 4.79 Å². The molecule has 0 aliphatic rings. The molecule has 0 heterocycles. The van der Waals surface area contributed by atoms with Crippen LogP contribution < -0.4 is 15.4 Å². The lowest BCUT2D eigenvalue weighted by molar-refractivity contribution is -0.148. The molecule has 7 heteroatoms. The number of ether oxygens (including phenoxy) is 2. The van der Waals surface area contributed by atoms with Crippen molar-refractivity contribution in [3.63, 3.8) is 0 Å². The maximum atomic E-state index is 11.5. The third kappa shape index (κ3) is 9.13. The Kier molecular flexibility index (Phi) is 8.88. The lowest BCUT2D eigenvalue weighted by Crippen LogP contribution is -2.41. The average molecular weight is 322 g/mol. The van der Waals surface area contributed by atoms with Crippen molar-refractivity contribution in [3.05, 3.63) is 30.3 Å². The van der Waals surface area contributed by atoms with E-state index in [1.165, 1.54) is 0 Å². The van der Waals surface area contributed by atoms with Crippen molar-refractivity contribution in [2.45, 2.75) is 26.2 Å². The lowest BCUT2D eigenvalue weighted by atomic mass is 10.3. The van der Waals surface area contributed by atoms with Gasteiger partial charge in [-0.3, -0.25) is 14.9 Å². The van der Waals surface area contributed by atoms with Gasteiger partial charge in [-0.2, -0.15) is 0 Å². The van der Waals surface area contributed by atoms with Gasteiger partial charge in [0.1, 0.15) is 5.75 Å². The second-order valence-electron chi connectivity index (χ2n) is 4.73. The summed E-state index contributed by atoms with van der Waals surface area (Å²) in [5, 5.41) is 4.55. The average Bonchev–Trinajstić information content (AvgIpc) is 2.56. The second-order valence-corrected chi connectivity index (χ2v) is 4.73. The van der Waals surface area contributed by atoms with Crippen LogP contribution in [0.25, 0.3) is 0 Å². The van der Waals surface area contributed by atoms with Gasteiger partial charge in [-0.1, -0.05) is 25.1 Å². The highest BCUT2D eigenvalue weighted by atomic mass is 16.5. The lowest BCUT2D eigenvalue weighted by Gasteiger charge is -2.07. The number of carbonyl (C=O) groups is 3. The number of imide groups is 1. The fourth-order valence-electron chi connectivity index (χ4n) is 1.59. The smallest absolute Gasteiger partial charge is 0.321 e. The third-order valence-corrected chi connectivity index (χ3v) is 2.69. The Labute approximate surface area is 135 Å². The predicted molar refractivity (Wildman–Crippen MR) is 84.0 cm³/mol. The van der Waals surface area contributed by atoms with Gasteiger partial charge in [-0.15, -0.1) is 0 Å². The first-order valence-corrected chi connectivity index (χ1v) is 7.53. The van der Waals surface area contributed by atoms with Gasteiger partial charge in [0.05, 0.1) is 6.61 Å². The summed E-state index contributed by atoms with van der Waals surface area (Å²) in [6, 6.07) is 8.66. The highest BCUT2D eigenvalue weighted by molar-refractivity contribution is 5.95. The van der Waals surface area contributed by atoms with Gasteiger partial charge in [0.25, 0.3) is 5.91 Å². The number of benzene rings is 1. The van der Waals surface area contributed by atoms with Crippen LogP contribution in [0.3, 0.4) is 0 Å². The predicted octanol–water partition coefficient (Wildman–Crippen LogP) is 1.62. The fraction of sp³-hybridized carbons (Fsp3) is 0.438. The van der Waals surface area contributed by atoms with E-state index in [-0.39, 0.29) is 6.42 Å². The molecule has 0 spiro atoms. The van der Waals surface area contributed by atoms with E-state index < -0.39 is 24.5 Å². The van der Waals surface area contributed by atoms with Crippen molar-refractivity contribution in [3.8, 4) is 5.75 Å². The normalized spacial score (nSPS) is 9.78. The Morgan fingerprint density at radius 3 is 2.57 bits per heavy atom. The van der Waals surface area contributed by atoms with Crippen LogP contribution in [0.15, 0.2) is 30.3 Å². The minimum absolute atomic E-state index is 0.141. The summed E-state index contributed by atoms with van der Waals surface area (Å²) in [6.45, 7) is 2.27. The molecule has 0 aromatic heterocycles. The van der Waals surface area contributed by atoms with Crippen molar-refractivity contribution in [1.82, 2.24) is 10.6 Å². The van der Waals surface area contributed by atoms with Crippen LogP contribution in [0.1, 0.15) is 26.2 Å². The molecule has 0 aliphatic carbocycles. The van der Waals surface area contributed by atoms with Crippen molar-refractivity contribution in [2.75, 3.05) is 19.8 Å². The zero-order valence-electron chi connectivity index (χ0n) is 13.2. The zero-order chi connectivity index (χ0) is 16.9. The van der Waals surface area contributed by atoms with Gasteiger partial charge < -0.3 is 14.8 Å². The van der Waals surface area contributed by atoms with E-state index in [1.54, 1.807) is 0 Å². The summed E-state index contributed by atoms with van der Waals surface area (Å²) in [5.74, 6) is -0.434. The van der Waals surface area contributed by atoms with E-state index in [0.717, 1.165) is 12.2 Å². The maximum absolute atomic E-state index is 11.5. The molecule has 1 aromatic carbocycles. The minimum Gasteiger partial charge on any atom is -0.494 e. The highest BCUT2D eigenvalue weighted by Crippen LogP contribution is 2.08. The summed E-state index contributed by atoms with van der Waals surface area (Å²) in [4.78, 5) is 34.0. The van der Waals surface area contributed by atoms with Crippen molar-refractivity contribution >= 4 is 17.9 Å². The van der Waals surface area contributed by atoms with Crippen LogP contribution in [0.4, 0.5) is 4.79 Å². The van der Waals surface area contributed by atoms with Gasteiger partial charge in [-0.05, 0) is 25.0 Å². The molecule has 0 fully saturated rings. The van der Waals surface area contributed by atoms with Crippen LogP contribution in [-0.2, 0) is 14.3 Å². The highest BCUT2D eigenvalue weighted by Gasteiger charge is 2.10. The summed E-state index contributed by atoms with van der Waals surface area (Å²) in [7, 11) is 0. The molecular weight excluding hydrogens is 300 g/mol. The quantitative estimate of drug-likeness (QED) is 0.532. The van der Waals surface area contributed by atoms with Crippen LogP contribution >= 0.6 is 0 Å². The molecule has 1 rings (SSSR count). The molecule has 3 amide bonds. The van der Waals surface area contributed by atoms with Crippen LogP contribution in [0.5, 0.6) is 5.75 Å². The number of nitrogens with one attached hydrogen (secondary N) is 2. The number of esters is 1. The molecule has 23 heavy (non-hydrogen) atoms. The largest absolute Gasteiger partial charge is 0.494 e. The van der Waals surface area contributed by atoms with E-state index in [4.69, 9.17) is 9.47 Å². The SMILES string of the molecule is CCCNC(=O)NC(=O)COC(=O)CCCOc1ccccc1. The molecular formula is C16H22N2O5. The van der Waals surface area contributed by atoms with Gasteiger partial charge in [0.2, 0.25) is 0 Å². The Bertz CT molecular complexity index is 504. The molecule has 0 unspecified atom stereocenters. The number of hydrogen-bond acceptors (Lipinski definition) is 5. The molecule has 0 saturated heterocycles. The minimum atomic E-state index is -0.660.